The third-order valence-electron chi connectivity index (χ3n) is 2.65. The molecule has 0 nitrogen and oxygen atoms in total. The van der Waals surface area contributed by atoms with Gasteiger partial charge in [0.25, 0.3) is 0 Å². The van der Waals surface area contributed by atoms with Crippen LogP contribution in [0.4, 0.5) is 4.39 Å². The molecule has 0 aliphatic heterocycles. The molecule has 0 fully saturated rings. The number of halogens is 1. The fourth-order valence-corrected chi connectivity index (χ4v) is 1.58. The van der Waals surface area contributed by atoms with E-state index in [1.165, 1.54) is 0 Å². The monoisotopic (exact) mass is 212 g/mol. The summed E-state index contributed by atoms with van der Waals surface area (Å²) in [5.74, 6) is -0.162. The van der Waals surface area contributed by atoms with E-state index in [0.717, 1.165) is 16.7 Å². The van der Waals surface area contributed by atoms with Crippen LogP contribution in [0.5, 0.6) is 0 Å². The fraction of sp³-hybridized carbons (Fsp3) is 0.0667. The average Bonchev–Trinajstić information content (AvgIpc) is 2.33. The first-order valence-corrected chi connectivity index (χ1v) is 5.20. The van der Waals surface area contributed by atoms with Gasteiger partial charge in [-0.15, -0.1) is 0 Å². The maximum Gasteiger partial charge on any atom is 0.126 e. The number of benzene rings is 2. The minimum Gasteiger partial charge on any atom is -0.207 e. The van der Waals surface area contributed by atoms with Crippen LogP contribution in [0.3, 0.4) is 0 Å². The summed E-state index contributed by atoms with van der Waals surface area (Å²) in [6.07, 6.45) is 1.79. The molecule has 0 unspecified atom stereocenters. The van der Waals surface area contributed by atoms with E-state index in [1.54, 1.807) is 25.1 Å². The van der Waals surface area contributed by atoms with Gasteiger partial charge in [-0.05, 0) is 35.2 Å². The Morgan fingerprint density at radius 2 is 1.62 bits per heavy atom. The van der Waals surface area contributed by atoms with Crippen molar-refractivity contribution >= 4 is 6.08 Å². The van der Waals surface area contributed by atoms with Crippen molar-refractivity contribution < 1.29 is 4.39 Å². The van der Waals surface area contributed by atoms with Gasteiger partial charge in [-0.1, -0.05) is 49.1 Å². The van der Waals surface area contributed by atoms with Crippen LogP contribution in [0.15, 0.2) is 49.0 Å². The van der Waals surface area contributed by atoms with E-state index in [1.807, 2.05) is 30.3 Å². The van der Waals surface area contributed by atoms with Crippen molar-refractivity contribution in [2.75, 3.05) is 0 Å². The Labute approximate surface area is 95.1 Å². The lowest BCUT2D eigenvalue weighted by Gasteiger charge is -2.04. The van der Waals surface area contributed by atoms with Gasteiger partial charge in [0, 0.05) is 0 Å². The Morgan fingerprint density at radius 1 is 1.00 bits per heavy atom. The quantitative estimate of drug-likeness (QED) is 0.690. The molecule has 2 rings (SSSR count). The van der Waals surface area contributed by atoms with E-state index in [4.69, 9.17) is 0 Å². The first-order chi connectivity index (χ1) is 7.70. The predicted molar refractivity (Wildman–Crippen MR) is 66.7 cm³/mol. The third-order valence-corrected chi connectivity index (χ3v) is 2.65. The van der Waals surface area contributed by atoms with Crippen LogP contribution >= 0.6 is 0 Å². The molecular weight excluding hydrogens is 199 g/mol. The molecule has 0 aliphatic carbocycles. The molecule has 0 amide bonds. The Bertz CT molecular complexity index is 509. The van der Waals surface area contributed by atoms with Gasteiger partial charge in [0.1, 0.15) is 5.82 Å². The summed E-state index contributed by atoms with van der Waals surface area (Å²) in [7, 11) is 0. The molecule has 2 aromatic carbocycles. The maximum atomic E-state index is 13.4. The summed E-state index contributed by atoms with van der Waals surface area (Å²) in [6.45, 7) is 5.46. The number of hydrogen-bond donors (Lipinski definition) is 0. The van der Waals surface area contributed by atoms with E-state index in [9.17, 15) is 4.39 Å². The molecule has 0 saturated carbocycles. The lowest BCUT2D eigenvalue weighted by molar-refractivity contribution is 0.619. The van der Waals surface area contributed by atoms with Crippen molar-refractivity contribution in [1.29, 1.82) is 0 Å². The Hall–Kier alpha value is -1.89. The van der Waals surface area contributed by atoms with E-state index < -0.39 is 0 Å². The van der Waals surface area contributed by atoms with E-state index in [2.05, 4.69) is 6.58 Å². The largest absolute Gasteiger partial charge is 0.207 e. The second kappa shape index (κ2) is 4.31. The van der Waals surface area contributed by atoms with Gasteiger partial charge in [0.05, 0.1) is 0 Å². The third kappa shape index (κ3) is 2.03. The highest BCUT2D eigenvalue weighted by Crippen LogP contribution is 2.22. The van der Waals surface area contributed by atoms with Crippen LogP contribution in [-0.4, -0.2) is 0 Å². The molecule has 0 saturated heterocycles. The molecule has 0 aliphatic rings. The maximum absolute atomic E-state index is 13.4. The highest BCUT2D eigenvalue weighted by Gasteiger charge is 2.01. The van der Waals surface area contributed by atoms with Crippen molar-refractivity contribution in [2.24, 2.45) is 0 Å². The molecular formula is C15H13F. The van der Waals surface area contributed by atoms with Gasteiger partial charge in [-0.2, -0.15) is 0 Å². The summed E-state index contributed by atoms with van der Waals surface area (Å²) >= 11 is 0. The topological polar surface area (TPSA) is 0 Å². The summed E-state index contributed by atoms with van der Waals surface area (Å²) in [4.78, 5) is 0. The lowest BCUT2D eigenvalue weighted by atomic mass is 10.0. The van der Waals surface area contributed by atoms with Crippen molar-refractivity contribution in [3.63, 3.8) is 0 Å². The zero-order chi connectivity index (χ0) is 11.5. The second-order valence-corrected chi connectivity index (χ2v) is 3.79. The highest BCUT2D eigenvalue weighted by molar-refractivity contribution is 5.65. The molecule has 0 aromatic heterocycles. The molecule has 0 atom stereocenters. The molecule has 0 N–H and O–H groups in total. The van der Waals surface area contributed by atoms with Crippen molar-refractivity contribution in [3.05, 3.63) is 66.0 Å². The minimum absolute atomic E-state index is 0.162. The molecule has 80 valence electrons. The van der Waals surface area contributed by atoms with Crippen molar-refractivity contribution in [1.82, 2.24) is 0 Å². The van der Waals surface area contributed by atoms with Crippen LogP contribution in [-0.2, 0) is 0 Å². The Morgan fingerprint density at radius 3 is 2.19 bits per heavy atom. The summed E-state index contributed by atoms with van der Waals surface area (Å²) in [6, 6.07) is 13.2. The van der Waals surface area contributed by atoms with Gasteiger partial charge in [-0.3, -0.25) is 0 Å². The second-order valence-electron chi connectivity index (χ2n) is 3.79. The predicted octanol–water partition coefficient (Wildman–Crippen LogP) is 4.44. The fourth-order valence-electron chi connectivity index (χ4n) is 1.58. The zero-order valence-corrected chi connectivity index (χ0v) is 9.20. The molecule has 0 spiro atoms. The standard InChI is InChI=1S/C15H13F/c1-3-12-5-8-13(9-6-12)14-7-4-11(2)15(16)10-14/h3-10H,1H2,2H3. The molecule has 0 bridgehead atoms. The lowest BCUT2D eigenvalue weighted by Crippen LogP contribution is -1.84. The molecule has 0 radical (unpaired) electrons. The minimum atomic E-state index is -0.162. The van der Waals surface area contributed by atoms with Crippen LogP contribution in [0.1, 0.15) is 11.1 Å². The van der Waals surface area contributed by atoms with E-state index in [0.29, 0.717) is 5.56 Å². The van der Waals surface area contributed by atoms with E-state index in [-0.39, 0.29) is 5.82 Å². The summed E-state index contributed by atoms with van der Waals surface area (Å²) in [5, 5.41) is 0. The highest BCUT2D eigenvalue weighted by atomic mass is 19.1. The van der Waals surface area contributed by atoms with Crippen molar-refractivity contribution in [2.45, 2.75) is 6.92 Å². The van der Waals surface area contributed by atoms with Crippen LogP contribution in [0.2, 0.25) is 0 Å². The number of rotatable bonds is 2. The van der Waals surface area contributed by atoms with Gasteiger partial charge in [0.2, 0.25) is 0 Å². The van der Waals surface area contributed by atoms with Crippen LogP contribution in [0, 0.1) is 12.7 Å². The Balaban J connectivity index is 2.42. The number of hydrogen-bond acceptors (Lipinski definition) is 0. The zero-order valence-electron chi connectivity index (χ0n) is 9.20. The first-order valence-electron chi connectivity index (χ1n) is 5.20. The van der Waals surface area contributed by atoms with Crippen molar-refractivity contribution in [3.8, 4) is 11.1 Å². The molecule has 1 heteroatoms. The summed E-state index contributed by atoms with van der Waals surface area (Å²) in [5.41, 5.74) is 3.66. The van der Waals surface area contributed by atoms with Crippen LogP contribution < -0.4 is 0 Å². The first kappa shape index (κ1) is 10.6. The summed E-state index contributed by atoms with van der Waals surface area (Å²) < 4.78 is 13.4. The van der Waals surface area contributed by atoms with Gasteiger partial charge in [0.15, 0.2) is 0 Å². The van der Waals surface area contributed by atoms with E-state index >= 15 is 0 Å². The Kier molecular flexibility index (Phi) is 2.86. The molecule has 16 heavy (non-hydrogen) atoms. The molecule has 2 aromatic rings. The average molecular weight is 212 g/mol. The number of aryl methyl sites for hydroxylation is 1. The smallest absolute Gasteiger partial charge is 0.126 e. The molecule has 0 heterocycles. The van der Waals surface area contributed by atoms with Gasteiger partial charge >= 0.3 is 0 Å². The SMILES string of the molecule is C=Cc1ccc(-c2ccc(C)c(F)c2)cc1. The normalized spacial score (nSPS) is 10.1. The van der Waals surface area contributed by atoms with Gasteiger partial charge < -0.3 is 0 Å². The van der Waals surface area contributed by atoms with Gasteiger partial charge in [-0.25, -0.2) is 4.39 Å². The van der Waals surface area contributed by atoms with Crippen LogP contribution in [0.25, 0.3) is 17.2 Å².